The first kappa shape index (κ1) is 17.9. The van der Waals surface area contributed by atoms with Gasteiger partial charge < -0.3 is 14.9 Å². The first-order valence-corrected chi connectivity index (χ1v) is 8.28. The van der Waals surface area contributed by atoms with E-state index in [1.807, 2.05) is 30.3 Å². The quantitative estimate of drug-likeness (QED) is 0.658. The molecule has 1 aromatic carbocycles. The average Bonchev–Trinajstić information content (AvgIpc) is 2.56. The smallest absolute Gasteiger partial charge is 0.122 e. The van der Waals surface area contributed by atoms with Crippen molar-refractivity contribution in [2.75, 3.05) is 52.5 Å². The lowest BCUT2D eigenvalue weighted by Crippen LogP contribution is -2.49. The zero-order valence-corrected chi connectivity index (χ0v) is 13.7. The second-order valence-electron chi connectivity index (χ2n) is 5.93. The predicted octanol–water partition coefficient (Wildman–Crippen LogP) is 0.765. The van der Waals surface area contributed by atoms with Gasteiger partial charge in [-0.05, 0) is 18.1 Å². The second-order valence-corrected chi connectivity index (χ2v) is 5.93. The van der Waals surface area contributed by atoms with E-state index in [-0.39, 0.29) is 6.61 Å². The second kappa shape index (κ2) is 9.67. The lowest BCUT2D eigenvalue weighted by molar-refractivity contribution is 0.0427. The van der Waals surface area contributed by atoms with E-state index in [0.717, 1.165) is 50.5 Å². The Bertz CT molecular complexity index is 473. The van der Waals surface area contributed by atoms with E-state index in [2.05, 4.69) is 16.4 Å². The molecule has 1 aromatic rings. The molecule has 1 aliphatic rings. The maximum absolute atomic E-state index is 10.2. The SMILES string of the molecule is C=CCc1ccccc1OC[C@@H](O)CN1CCN(CCO)CC1. The van der Waals surface area contributed by atoms with Crippen LogP contribution in [0.3, 0.4) is 0 Å². The maximum atomic E-state index is 10.2. The Morgan fingerprint density at radius 1 is 1.17 bits per heavy atom. The number of hydrogen-bond acceptors (Lipinski definition) is 5. The van der Waals surface area contributed by atoms with Gasteiger partial charge in [-0.25, -0.2) is 0 Å². The fourth-order valence-electron chi connectivity index (χ4n) is 2.84. The molecule has 0 aliphatic carbocycles. The molecule has 1 aliphatic heterocycles. The molecule has 0 amide bonds. The van der Waals surface area contributed by atoms with Gasteiger partial charge in [0, 0.05) is 39.3 Å². The Balaban J connectivity index is 1.73. The minimum absolute atomic E-state index is 0.209. The van der Waals surface area contributed by atoms with Crippen molar-refractivity contribution in [2.24, 2.45) is 0 Å². The van der Waals surface area contributed by atoms with Crippen LogP contribution in [0.4, 0.5) is 0 Å². The van der Waals surface area contributed by atoms with Crippen LogP contribution in [0.2, 0.25) is 0 Å². The zero-order valence-electron chi connectivity index (χ0n) is 13.7. The number of benzene rings is 1. The summed E-state index contributed by atoms with van der Waals surface area (Å²) >= 11 is 0. The molecular formula is C18H28N2O3. The summed E-state index contributed by atoms with van der Waals surface area (Å²) in [5.74, 6) is 0.819. The number of allylic oxidation sites excluding steroid dienone is 1. The van der Waals surface area contributed by atoms with E-state index in [9.17, 15) is 5.11 Å². The summed E-state index contributed by atoms with van der Waals surface area (Å²) in [6.45, 7) is 9.34. The Morgan fingerprint density at radius 2 is 1.87 bits per heavy atom. The summed E-state index contributed by atoms with van der Waals surface area (Å²) in [4.78, 5) is 4.49. The number of aliphatic hydroxyl groups excluding tert-OH is 2. The average molecular weight is 320 g/mol. The van der Waals surface area contributed by atoms with Crippen LogP contribution >= 0.6 is 0 Å². The van der Waals surface area contributed by atoms with Crippen molar-refractivity contribution in [1.29, 1.82) is 0 Å². The molecule has 128 valence electrons. The van der Waals surface area contributed by atoms with Crippen molar-refractivity contribution in [3.05, 3.63) is 42.5 Å². The highest BCUT2D eigenvalue weighted by Crippen LogP contribution is 2.19. The predicted molar refractivity (Wildman–Crippen MR) is 91.8 cm³/mol. The largest absolute Gasteiger partial charge is 0.491 e. The first-order valence-electron chi connectivity index (χ1n) is 8.28. The number of ether oxygens (including phenoxy) is 1. The van der Waals surface area contributed by atoms with Crippen molar-refractivity contribution in [3.63, 3.8) is 0 Å². The van der Waals surface area contributed by atoms with Crippen molar-refractivity contribution in [3.8, 4) is 5.75 Å². The maximum Gasteiger partial charge on any atom is 0.122 e. The molecule has 2 N–H and O–H groups in total. The van der Waals surface area contributed by atoms with Crippen LogP contribution < -0.4 is 4.74 Å². The molecule has 2 rings (SSSR count). The van der Waals surface area contributed by atoms with Crippen molar-refractivity contribution in [2.45, 2.75) is 12.5 Å². The molecule has 0 spiro atoms. The van der Waals surface area contributed by atoms with Crippen LogP contribution in [0.25, 0.3) is 0 Å². The number of nitrogens with zero attached hydrogens (tertiary/aromatic N) is 2. The van der Waals surface area contributed by atoms with E-state index >= 15 is 0 Å². The number of β-amino-alcohol motifs (C(OH)–C–C–N with tert-alkyl or cyclic N) is 2. The third-order valence-corrected chi connectivity index (χ3v) is 4.12. The van der Waals surface area contributed by atoms with Gasteiger partial charge in [-0.1, -0.05) is 24.3 Å². The summed E-state index contributed by atoms with van der Waals surface area (Å²) < 4.78 is 5.78. The van der Waals surface area contributed by atoms with Crippen molar-refractivity contribution >= 4 is 0 Å². The molecule has 0 unspecified atom stereocenters. The molecule has 5 nitrogen and oxygen atoms in total. The molecule has 23 heavy (non-hydrogen) atoms. The highest BCUT2D eigenvalue weighted by atomic mass is 16.5. The fourth-order valence-corrected chi connectivity index (χ4v) is 2.84. The molecule has 1 saturated heterocycles. The summed E-state index contributed by atoms with van der Waals surface area (Å²) in [6, 6.07) is 7.87. The van der Waals surface area contributed by atoms with E-state index in [1.54, 1.807) is 0 Å². The van der Waals surface area contributed by atoms with Crippen molar-refractivity contribution in [1.82, 2.24) is 9.80 Å². The van der Waals surface area contributed by atoms with Crippen LogP contribution in [0.1, 0.15) is 5.56 Å². The Kier molecular flexibility index (Phi) is 7.55. The van der Waals surface area contributed by atoms with E-state index in [4.69, 9.17) is 9.84 Å². The number of hydrogen-bond donors (Lipinski definition) is 2. The monoisotopic (exact) mass is 320 g/mol. The summed E-state index contributed by atoms with van der Waals surface area (Å²) in [5.41, 5.74) is 1.09. The van der Waals surface area contributed by atoms with E-state index < -0.39 is 6.10 Å². The molecule has 0 aromatic heterocycles. The molecule has 0 bridgehead atoms. The van der Waals surface area contributed by atoms with Gasteiger partial charge in [0.25, 0.3) is 0 Å². The molecule has 1 fully saturated rings. The van der Waals surface area contributed by atoms with Gasteiger partial charge in [-0.3, -0.25) is 9.80 Å². The van der Waals surface area contributed by atoms with Crippen LogP contribution in [0.5, 0.6) is 5.75 Å². The Morgan fingerprint density at radius 3 is 2.57 bits per heavy atom. The molecule has 0 radical (unpaired) electrons. The van der Waals surface area contributed by atoms with Gasteiger partial charge in [0.2, 0.25) is 0 Å². The van der Waals surface area contributed by atoms with Gasteiger partial charge in [0.1, 0.15) is 18.5 Å². The normalized spacial score (nSPS) is 17.8. The Hall–Kier alpha value is -1.40. The fraction of sp³-hybridized carbons (Fsp3) is 0.556. The van der Waals surface area contributed by atoms with E-state index in [0.29, 0.717) is 13.2 Å². The lowest BCUT2D eigenvalue weighted by Gasteiger charge is -2.35. The first-order chi connectivity index (χ1) is 11.2. The number of aliphatic hydroxyl groups is 2. The molecule has 1 heterocycles. The molecule has 1 atom stereocenters. The van der Waals surface area contributed by atoms with E-state index in [1.165, 1.54) is 0 Å². The lowest BCUT2D eigenvalue weighted by atomic mass is 10.1. The van der Waals surface area contributed by atoms with Gasteiger partial charge in [0.05, 0.1) is 6.61 Å². The zero-order chi connectivity index (χ0) is 16.5. The van der Waals surface area contributed by atoms with Gasteiger partial charge in [0.15, 0.2) is 0 Å². The van der Waals surface area contributed by atoms with Crippen LogP contribution in [-0.2, 0) is 6.42 Å². The molecule has 5 heteroatoms. The molecule has 0 saturated carbocycles. The molecular weight excluding hydrogens is 292 g/mol. The highest BCUT2D eigenvalue weighted by Gasteiger charge is 2.19. The topological polar surface area (TPSA) is 56.2 Å². The van der Waals surface area contributed by atoms with Gasteiger partial charge >= 0.3 is 0 Å². The van der Waals surface area contributed by atoms with Gasteiger partial charge in [-0.2, -0.15) is 0 Å². The number of piperazine rings is 1. The van der Waals surface area contributed by atoms with Crippen molar-refractivity contribution < 1.29 is 14.9 Å². The van der Waals surface area contributed by atoms with Gasteiger partial charge in [-0.15, -0.1) is 6.58 Å². The third-order valence-electron chi connectivity index (χ3n) is 4.12. The highest BCUT2D eigenvalue weighted by molar-refractivity contribution is 5.34. The minimum atomic E-state index is -0.504. The minimum Gasteiger partial charge on any atom is -0.491 e. The summed E-state index contributed by atoms with van der Waals surface area (Å²) in [6.07, 6.45) is 2.11. The van der Waals surface area contributed by atoms with Crippen LogP contribution in [0, 0.1) is 0 Å². The third kappa shape index (κ3) is 5.95. The summed E-state index contributed by atoms with van der Waals surface area (Å²) in [5, 5.41) is 19.2. The number of para-hydroxylation sites is 1. The van der Waals surface area contributed by atoms with Crippen LogP contribution in [-0.4, -0.2) is 78.6 Å². The Labute approximate surface area is 138 Å². The number of rotatable bonds is 9. The van der Waals surface area contributed by atoms with Crippen LogP contribution in [0.15, 0.2) is 36.9 Å². The summed E-state index contributed by atoms with van der Waals surface area (Å²) in [7, 11) is 0. The standard InChI is InChI=1S/C18H28N2O3/c1-2-5-16-6-3-4-7-18(16)23-15-17(22)14-20-10-8-19(9-11-20)12-13-21/h2-4,6-7,17,21-22H,1,5,8-15H2/t17-/m0/s1.